The Bertz CT molecular complexity index is 215. The van der Waals surface area contributed by atoms with Crippen LogP contribution < -0.4 is 0 Å². The molecule has 0 aliphatic carbocycles. The first-order valence-corrected chi connectivity index (χ1v) is 5.53. The third-order valence-electron chi connectivity index (χ3n) is 3.55. The van der Waals surface area contributed by atoms with E-state index < -0.39 is 0 Å². The molecule has 0 fully saturated rings. The first-order valence-electron chi connectivity index (χ1n) is 5.53. The zero-order valence-electron chi connectivity index (χ0n) is 11.3. The van der Waals surface area contributed by atoms with Gasteiger partial charge in [-0.05, 0) is 17.3 Å². The number of carbonyl (C=O) groups is 1. The molecule has 0 saturated carbocycles. The number of hydrogen-bond donors (Lipinski definition) is 0. The van der Waals surface area contributed by atoms with Crippen LogP contribution in [0.25, 0.3) is 0 Å². The van der Waals surface area contributed by atoms with Gasteiger partial charge in [0.2, 0.25) is 0 Å². The molecular weight excluding hydrogens is 188 g/mol. The maximum atomic E-state index is 11.0. The average Bonchev–Trinajstić information content (AvgIpc) is 2.02. The average molecular weight is 214 g/mol. The smallest absolute Gasteiger partial charge is 0.125 e. The van der Waals surface area contributed by atoms with Crippen molar-refractivity contribution >= 4 is 6.29 Å². The molecule has 0 saturated heterocycles. The third-order valence-corrected chi connectivity index (χ3v) is 3.55. The second-order valence-corrected chi connectivity index (χ2v) is 6.48. The van der Waals surface area contributed by atoms with E-state index in [1.807, 2.05) is 13.8 Å². The van der Waals surface area contributed by atoms with Crippen LogP contribution in [0, 0.1) is 16.2 Å². The Balaban J connectivity index is 4.74. The monoisotopic (exact) mass is 214 g/mol. The van der Waals surface area contributed by atoms with Crippen molar-refractivity contribution in [1.82, 2.24) is 0 Å². The summed E-state index contributed by atoms with van der Waals surface area (Å²) >= 11 is 0. The fourth-order valence-corrected chi connectivity index (χ4v) is 1.98. The molecule has 0 aromatic carbocycles. The van der Waals surface area contributed by atoms with E-state index in [0.29, 0.717) is 0 Å². The molecule has 0 amide bonds. The van der Waals surface area contributed by atoms with Crippen molar-refractivity contribution in [3.05, 3.63) is 0 Å². The molecule has 0 bridgehead atoms. The van der Waals surface area contributed by atoms with Gasteiger partial charge in [-0.15, -0.1) is 0 Å². The Morgan fingerprint density at radius 2 is 1.47 bits per heavy atom. The lowest BCUT2D eigenvalue weighted by molar-refractivity contribution is -0.117. The third kappa shape index (κ3) is 3.94. The van der Waals surface area contributed by atoms with Gasteiger partial charge in [0.25, 0.3) is 0 Å². The first kappa shape index (κ1) is 14.6. The molecule has 2 nitrogen and oxygen atoms in total. The molecule has 0 radical (unpaired) electrons. The predicted molar refractivity (Wildman–Crippen MR) is 63.9 cm³/mol. The lowest BCUT2D eigenvalue weighted by atomic mass is 9.62. The van der Waals surface area contributed by atoms with Crippen molar-refractivity contribution < 1.29 is 9.53 Å². The number of ether oxygens (including phenoxy) is 1. The normalized spacial score (nSPS) is 14.1. The number of methoxy groups -OCH3 is 1. The number of aldehydes is 1. The highest BCUT2D eigenvalue weighted by Crippen LogP contribution is 2.45. The van der Waals surface area contributed by atoms with Crippen molar-refractivity contribution in [2.75, 3.05) is 13.7 Å². The number of hydrogen-bond acceptors (Lipinski definition) is 2. The minimum absolute atomic E-state index is 0.0715. The maximum Gasteiger partial charge on any atom is 0.125 e. The topological polar surface area (TPSA) is 26.3 Å². The highest BCUT2D eigenvalue weighted by atomic mass is 16.5. The van der Waals surface area contributed by atoms with Gasteiger partial charge in [-0.1, -0.05) is 41.5 Å². The molecule has 15 heavy (non-hydrogen) atoms. The number of carbonyl (C=O) groups excluding carboxylic acids is 1. The Labute approximate surface area is 94.4 Å². The second-order valence-electron chi connectivity index (χ2n) is 6.48. The summed E-state index contributed by atoms with van der Waals surface area (Å²) in [6.07, 6.45) is 1.93. The van der Waals surface area contributed by atoms with Crippen LogP contribution in [-0.4, -0.2) is 20.0 Å². The number of rotatable bonds is 6. The van der Waals surface area contributed by atoms with Gasteiger partial charge in [-0.25, -0.2) is 0 Å². The van der Waals surface area contributed by atoms with Crippen LogP contribution in [0.2, 0.25) is 0 Å². The van der Waals surface area contributed by atoms with Crippen molar-refractivity contribution in [3.8, 4) is 0 Å². The van der Waals surface area contributed by atoms with Gasteiger partial charge < -0.3 is 9.53 Å². The van der Waals surface area contributed by atoms with E-state index in [0.717, 1.165) is 19.3 Å². The van der Waals surface area contributed by atoms with E-state index in [9.17, 15) is 4.79 Å². The summed E-state index contributed by atoms with van der Waals surface area (Å²) in [5.74, 6) is 0. The van der Waals surface area contributed by atoms with E-state index in [2.05, 4.69) is 27.7 Å². The molecule has 0 unspecified atom stereocenters. The Kier molecular flexibility index (Phi) is 4.53. The predicted octanol–water partition coefficient (Wildman–Crippen LogP) is 3.30. The van der Waals surface area contributed by atoms with Crippen LogP contribution in [-0.2, 0) is 9.53 Å². The molecule has 0 aromatic heterocycles. The SMILES string of the molecule is COCC(C)(C)C(C)(C)CC(C)(C)C=O. The maximum absolute atomic E-state index is 11.0. The van der Waals surface area contributed by atoms with E-state index in [4.69, 9.17) is 4.74 Å². The van der Waals surface area contributed by atoms with E-state index in [-0.39, 0.29) is 16.2 Å². The van der Waals surface area contributed by atoms with Crippen molar-refractivity contribution in [3.63, 3.8) is 0 Å². The van der Waals surface area contributed by atoms with Crippen molar-refractivity contribution in [2.24, 2.45) is 16.2 Å². The van der Waals surface area contributed by atoms with Crippen LogP contribution in [0.5, 0.6) is 0 Å². The van der Waals surface area contributed by atoms with Crippen molar-refractivity contribution in [2.45, 2.75) is 48.0 Å². The molecule has 0 rings (SSSR count). The van der Waals surface area contributed by atoms with Gasteiger partial charge >= 0.3 is 0 Å². The van der Waals surface area contributed by atoms with Gasteiger partial charge in [-0.2, -0.15) is 0 Å². The van der Waals surface area contributed by atoms with Gasteiger partial charge in [0.1, 0.15) is 6.29 Å². The molecule has 0 N–H and O–H groups in total. The summed E-state index contributed by atoms with van der Waals surface area (Å²) in [6.45, 7) is 13.5. The summed E-state index contributed by atoms with van der Waals surface area (Å²) in [5.41, 5.74) is -0.107. The lowest BCUT2D eigenvalue weighted by Gasteiger charge is -2.44. The van der Waals surface area contributed by atoms with Crippen LogP contribution in [0.1, 0.15) is 48.0 Å². The van der Waals surface area contributed by atoms with Crippen LogP contribution in [0.4, 0.5) is 0 Å². The van der Waals surface area contributed by atoms with Gasteiger partial charge in [0.15, 0.2) is 0 Å². The summed E-state index contributed by atoms with van der Waals surface area (Å²) in [4.78, 5) is 11.0. The fourth-order valence-electron chi connectivity index (χ4n) is 1.98. The zero-order chi connectivity index (χ0) is 12.3. The second kappa shape index (κ2) is 4.65. The van der Waals surface area contributed by atoms with E-state index in [1.54, 1.807) is 7.11 Å². The van der Waals surface area contributed by atoms with Crippen LogP contribution >= 0.6 is 0 Å². The van der Waals surface area contributed by atoms with Gasteiger partial charge in [0.05, 0.1) is 6.61 Å². The minimum atomic E-state index is -0.255. The van der Waals surface area contributed by atoms with Crippen LogP contribution in [0.3, 0.4) is 0 Å². The van der Waals surface area contributed by atoms with Gasteiger partial charge in [0, 0.05) is 12.5 Å². The summed E-state index contributed by atoms with van der Waals surface area (Å²) < 4.78 is 5.25. The zero-order valence-corrected chi connectivity index (χ0v) is 11.3. The molecular formula is C13H26O2. The van der Waals surface area contributed by atoms with E-state index >= 15 is 0 Å². The van der Waals surface area contributed by atoms with E-state index in [1.165, 1.54) is 0 Å². The largest absolute Gasteiger partial charge is 0.384 e. The highest BCUT2D eigenvalue weighted by molar-refractivity contribution is 5.57. The van der Waals surface area contributed by atoms with Gasteiger partial charge in [-0.3, -0.25) is 0 Å². The Hall–Kier alpha value is -0.370. The first-order chi connectivity index (χ1) is 6.58. The molecule has 2 heteroatoms. The Morgan fingerprint density at radius 1 is 1.00 bits per heavy atom. The fraction of sp³-hybridized carbons (Fsp3) is 0.923. The standard InChI is InChI=1S/C13H26O2/c1-11(2,9-14)8-12(3,4)13(5,6)10-15-7/h9H,8,10H2,1-7H3. The van der Waals surface area contributed by atoms with Crippen LogP contribution in [0.15, 0.2) is 0 Å². The Morgan fingerprint density at radius 3 is 1.80 bits per heavy atom. The highest BCUT2D eigenvalue weighted by Gasteiger charge is 2.40. The molecule has 0 aromatic rings. The molecule has 0 spiro atoms. The molecule has 90 valence electrons. The molecule has 0 heterocycles. The lowest BCUT2D eigenvalue weighted by Crippen LogP contribution is -2.40. The molecule has 0 atom stereocenters. The minimum Gasteiger partial charge on any atom is -0.384 e. The molecule has 0 aliphatic heterocycles. The quantitative estimate of drug-likeness (QED) is 0.634. The summed E-state index contributed by atoms with van der Waals surface area (Å²) in [6, 6.07) is 0. The van der Waals surface area contributed by atoms with Crippen molar-refractivity contribution in [1.29, 1.82) is 0 Å². The molecule has 0 aliphatic rings. The summed E-state index contributed by atoms with van der Waals surface area (Å²) in [7, 11) is 1.72. The summed E-state index contributed by atoms with van der Waals surface area (Å²) in [5, 5.41) is 0.